The molecule has 9 heteroatoms. The SMILES string of the molecule is Cc1cc(Cl)nc(Cl)c1NC(=O)c1nc[nH]c1C(=O)O. The number of pyridine rings is 1. The Labute approximate surface area is 123 Å². The first-order valence-corrected chi connectivity index (χ1v) is 6.06. The van der Waals surface area contributed by atoms with Gasteiger partial charge in [0.1, 0.15) is 5.15 Å². The third kappa shape index (κ3) is 2.73. The number of imidazole rings is 1. The van der Waals surface area contributed by atoms with Crippen LogP contribution in [0, 0.1) is 6.92 Å². The van der Waals surface area contributed by atoms with E-state index in [0.29, 0.717) is 5.56 Å². The van der Waals surface area contributed by atoms with Crippen molar-refractivity contribution in [2.75, 3.05) is 5.32 Å². The van der Waals surface area contributed by atoms with Gasteiger partial charge in [-0.15, -0.1) is 0 Å². The maximum absolute atomic E-state index is 12.0. The molecule has 0 saturated carbocycles. The molecule has 0 aromatic carbocycles. The van der Waals surface area contributed by atoms with Crippen LogP contribution >= 0.6 is 23.2 Å². The van der Waals surface area contributed by atoms with E-state index in [1.54, 1.807) is 6.92 Å². The topological polar surface area (TPSA) is 108 Å². The fourth-order valence-corrected chi connectivity index (χ4v) is 2.13. The molecule has 3 N–H and O–H groups in total. The van der Waals surface area contributed by atoms with E-state index in [2.05, 4.69) is 20.3 Å². The van der Waals surface area contributed by atoms with E-state index in [9.17, 15) is 9.59 Å². The number of hydrogen-bond donors (Lipinski definition) is 3. The van der Waals surface area contributed by atoms with Crippen LogP contribution in [0.1, 0.15) is 26.5 Å². The first-order valence-electron chi connectivity index (χ1n) is 5.30. The Kier molecular flexibility index (Phi) is 3.91. The second-order valence-electron chi connectivity index (χ2n) is 3.81. The van der Waals surface area contributed by atoms with Crippen LogP contribution in [0.25, 0.3) is 0 Å². The van der Waals surface area contributed by atoms with E-state index in [4.69, 9.17) is 28.3 Å². The highest BCUT2D eigenvalue weighted by Gasteiger charge is 2.21. The number of aromatic carboxylic acids is 1. The predicted octanol–water partition coefficient (Wildman–Crippen LogP) is 2.37. The highest BCUT2D eigenvalue weighted by atomic mass is 35.5. The highest BCUT2D eigenvalue weighted by molar-refractivity contribution is 6.35. The summed E-state index contributed by atoms with van der Waals surface area (Å²) in [5, 5.41) is 11.6. The summed E-state index contributed by atoms with van der Waals surface area (Å²) in [6.45, 7) is 1.68. The van der Waals surface area contributed by atoms with Crippen molar-refractivity contribution < 1.29 is 14.7 Å². The van der Waals surface area contributed by atoms with Gasteiger partial charge in [-0.05, 0) is 18.6 Å². The van der Waals surface area contributed by atoms with Gasteiger partial charge < -0.3 is 15.4 Å². The van der Waals surface area contributed by atoms with Crippen LogP contribution in [-0.4, -0.2) is 31.9 Å². The zero-order valence-electron chi connectivity index (χ0n) is 10.1. The van der Waals surface area contributed by atoms with Crippen LogP contribution in [-0.2, 0) is 0 Å². The standard InChI is InChI=1S/C11H8Cl2N4O3/c1-4-2-5(12)16-9(13)6(4)17-10(18)7-8(11(19)20)15-3-14-7/h2-3H,1H3,(H,14,15)(H,17,18)(H,19,20). The van der Waals surface area contributed by atoms with Gasteiger partial charge in [-0.1, -0.05) is 23.2 Å². The lowest BCUT2D eigenvalue weighted by Crippen LogP contribution is -2.17. The number of nitrogens with zero attached hydrogens (tertiary/aromatic N) is 2. The Bertz CT molecular complexity index is 676. The van der Waals surface area contributed by atoms with Crippen molar-refractivity contribution in [3.63, 3.8) is 0 Å². The zero-order chi connectivity index (χ0) is 14.9. The van der Waals surface area contributed by atoms with E-state index in [1.165, 1.54) is 6.07 Å². The Hall–Kier alpha value is -2.12. The van der Waals surface area contributed by atoms with Crippen LogP contribution in [0.4, 0.5) is 5.69 Å². The predicted molar refractivity (Wildman–Crippen MR) is 72.5 cm³/mol. The molecule has 0 saturated heterocycles. The molecular weight excluding hydrogens is 307 g/mol. The average Bonchev–Trinajstić information content (AvgIpc) is 2.82. The zero-order valence-corrected chi connectivity index (χ0v) is 11.6. The summed E-state index contributed by atoms with van der Waals surface area (Å²) in [6.07, 6.45) is 1.12. The summed E-state index contributed by atoms with van der Waals surface area (Å²) in [7, 11) is 0. The largest absolute Gasteiger partial charge is 0.477 e. The molecule has 7 nitrogen and oxygen atoms in total. The molecule has 104 valence electrons. The first kappa shape index (κ1) is 14.3. The Morgan fingerprint density at radius 1 is 1.40 bits per heavy atom. The van der Waals surface area contributed by atoms with Crippen LogP contribution in [0.3, 0.4) is 0 Å². The lowest BCUT2D eigenvalue weighted by molar-refractivity contribution is 0.0686. The summed E-state index contributed by atoms with van der Waals surface area (Å²) in [5.41, 5.74) is 0.289. The van der Waals surface area contributed by atoms with Crippen molar-refractivity contribution in [1.82, 2.24) is 15.0 Å². The number of halogens is 2. The summed E-state index contributed by atoms with van der Waals surface area (Å²) < 4.78 is 0. The third-order valence-electron chi connectivity index (χ3n) is 2.45. The molecule has 2 heterocycles. The number of carbonyl (C=O) groups is 2. The van der Waals surface area contributed by atoms with Crippen molar-refractivity contribution in [3.8, 4) is 0 Å². The van der Waals surface area contributed by atoms with Gasteiger partial charge in [0.2, 0.25) is 0 Å². The number of carbonyl (C=O) groups excluding carboxylic acids is 1. The van der Waals surface area contributed by atoms with Gasteiger partial charge >= 0.3 is 5.97 Å². The van der Waals surface area contributed by atoms with Crippen LogP contribution in [0.5, 0.6) is 0 Å². The number of aryl methyl sites for hydroxylation is 1. The maximum Gasteiger partial charge on any atom is 0.354 e. The van der Waals surface area contributed by atoms with Crippen molar-refractivity contribution in [2.45, 2.75) is 6.92 Å². The molecular formula is C11H8Cl2N4O3. The van der Waals surface area contributed by atoms with Crippen molar-refractivity contribution >= 4 is 40.8 Å². The van der Waals surface area contributed by atoms with Gasteiger partial charge in [0.25, 0.3) is 5.91 Å². The number of rotatable bonds is 3. The van der Waals surface area contributed by atoms with Gasteiger partial charge in [0.15, 0.2) is 16.5 Å². The minimum atomic E-state index is -1.29. The number of H-pyrrole nitrogens is 1. The van der Waals surface area contributed by atoms with Crippen LogP contribution < -0.4 is 5.32 Å². The molecule has 2 aromatic heterocycles. The molecule has 0 aliphatic heterocycles. The van der Waals surface area contributed by atoms with Crippen LogP contribution in [0.2, 0.25) is 10.3 Å². The average molecular weight is 315 g/mol. The summed E-state index contributed by atoms with van der Waals surface area (Å²) in [6, 6.07) is 1.52. The second kappa shape index (κ2) is 5.48. The third-order valence-corrected chi connectivity index (χ3v) is 2.92. The summed E-state index contributed by atoms with van der Waals surface area (Å²) in [5.74, 6) is -2.00. The smallest absolute Gasteiger partial charge is 0.354 e. The lowest BCUT2D eigenvalue weighted by Gasteiger charge is -2.09. The molecule has 0 bridgehead atoms. The number of nitrogens with one attached hydrogen (secondary N) is 2. The van der Waals surface area contributed by atoms with E-state index in [-0.39, 0.29) is 27.4 Å². The number of amides is 1. The number of hydrogen-bond acceptors (Lipinski definition) is 4. The van der Waals surface area contributed by atoms with Gasteiger partial charge in [0, 0.05) is 0 Å². The highest BCUT2D eigenvalue weighted by Crippen LogP contribution is 2.26. The van der Waals surface area contributed by atoms with Gasteiger partial charge in [-0.25, -0.2) is 14.8 Å². The normalized spacial score (nSPS) is 10.3. The Morgan fingerprint density at radius 3 is 2.70 bits per heavy atom. The van der Waals surface area contributed by atoms with Crippen molar-refractivity contribution in [1.29, 1.82) is 0 Å². The van der Waals surface area contributed by atoms with Gasteiger partial charge in [-0.2, -0.15) is 0 Å². The van der Waals surface area contributed by atoms with E-state index < -0.39 is 11.9 Å². The summed E-state index contributed by atoms with van der Waals surface area (Å²) in [4.78, 5) is 32.8. The summed E-state index contributed by atoms with van der Waals surface area (Å²) >= 11 is 11.6. The van der Waals surface area contributed by atoms with Crippen molar-refractivity contribution in [3.05, 3.63) is 39.7 Å². The van der Waals surface area contributed by atoms with E-state index in [1.807, 2.05) is 0 Å². The Morgan fingerprint density at radius 2 is 2.10 bits per heavy atom. The number of aromatic nitrogens is 3. The molecule has 0 fully saturated rings. The van der Waals surface area contributed by atoms with Crippen LogP contribution in [0.15, 0.2) is 12.4 Å². The molecule has 0 spiro atoms. The van der Waals surface area contributed by atoms with Gasteiger partial charge in [0.05, 0.1) is 12.0 Å². The number of anilines is 1. The quantitative estimate of drug-likeness (QED) is 0.754. The van der Waals surface area contributed by atoms with E-state index >= 15 is 0 Å². The fraction of sp³-hybridized carbons (Fsp3) is 0.0909. The molecule has 0 aliphatic rings. The molecule has 0 radical (unpaired) electrons. The number of aromatic amines is 1. The maximum atomic E-state index is 12.0. The first-order chi connectivity index (χ1) is 9.40. The minimum Gasteiger partial charge on any atom is -0.477 e. The monoisotopic (exact) mass is 314 g/mol. The minimum absolute atomic E-state index is 0.00996. The lowest BCUT2D eigenvalue weighted by atomic mass is 10.2. The molecule has 20 heavy (non-hydrogen) atoms. The molecule has 2 rings (SSSR count). The fourth-order valence-electron chi connectivity index (χ4n) is 1.55. The molecule has 2 aromatic rings. The van der Waals surface area contributed by atoms with E-state index in [0.717, 1.165) is 6.33 Å². The second-order valence-corrected chi connectivity index (χ2v) is 4.56. The molecule has 0 atom stereocenters. The van der Waals surface area contributed by atoms with Gasteiger partial charge in [-0.3, -0.25) is 4.79 Å². The number of carboxylic acids is 1. The Balaban J connectivity index is 2.33. The molecule has 1 amide bonds. The molecule has 0 unspecified atom stereocenters. The number of carboxylic acid groups (broad SMARTS) is 1. The van der Waals surface area contributed by atoms with Crippen molar-refractivity contribution in [2.24, 2.45) is 0 Å². The molecule has 0 aliphatic carbocycles.